The molecular formula is C23H21FN4O. The molecule has 0 spiro atoms. The molecule has 0 saturated heterocycles. The lowest BCUT2D eigenvalue weighted by atomic mass is 10.1. The van der Waals surface area contributed by atoms with Crippen LogP contribution in [0.4, 0.5) is 16.0 Å². The molecule has 0 fully saturated rings. The van der Waals surface area contributed by atoms with Gasteiger partial charge in [-0.2, -0.15) is 0 Å². The highest BCUT2D eigenvalue weighted by Crippen LogP contribution is 2.21. The molecule has 29 heavy (non-hydrogen) atoms. The van der Waals surface area contributed by atoms with Crippen LogP contribution in [0.25, 0.3) is 11.4 Å². The van der Waals surface area contributed by atoms with Gasteiger partial charge in [-0.1, -0.05) is 48.5 Å². The Hall–Kier alpha value is -3.67. The third-order valence-corrected chi connectivity index (χ3v) is 4.44. The van der Waals surface area contributed by atoms with Gasteiger partial charge in [0.25, 0.3) is 0 Å². The number of rotatable bonds is 8. The molecule has 0 atom stereocenters. The average Bonchev–Trinajstić information content (AvgIpc) is 3.28. The first kappa shape index (κ1) is 18.7. The molecule has 2 heterocycles. The lowest BCUT2D eigenvalue weighted by Crippen LogP contribution is -2.10. The number of nitrogens with one attached hydrogen (secondary N) is 2. The highest BCUT2D eigenvalue weighted by molar-refractivity contribution is 5.61. The van der Waals surface area contributed by atoms with Crippen molar-refractivity contribution in [2.24, 2.45) is 0 Å². The summed E-state index contributed by atoms with van der Waals surface area (Å²) in [4.78, 5) is 9.24. The molecule has 0 bridgehead atoms. The van der Waals surface area contributed by atoms with Crippen molar-refractivity contribution in [1.82, 2.24) is 9.97 Å². The summed E-state index contributed by atoms with van der Waals surface area (Å²) < 4.78 is 19.2. The molecule has 0 unspecified atom stereocenters. The van der Waals surface area contributed by atoms with Crippen LogP contribution < -0.4 is 10.6 Å². The number of anilines is 2. The predicted octanol–water partition coefficient (Wildman–Crippen LogP) is 5.14. The number of hydrogen-bond donors (Lipinski definition) is 2. The Morgan fingerprint density at radius 2 is 1.59 bits per heavy atom. The smallest absolute Gasteiger partial charge is 0.163 e. The fourth-order valence-electron chi connectivity index (χ4n) is 2.96. The summed E-state index contributed by atoms with van der Waals surface area (Å²) in [5.41, 5.74) is 1.60. The van der Waals surface area contributed by atoms with Crippen LogP contribution in [-0.2, 0) is 13.0 Å². The van der Waals surface area contributed by atoms with E-state index in [4.69, 9.17) is 4.42 Å². The summed E-state index contributed by atoms with van der Waals surface area (Å²) in [6.07, 6.45) is 2.20. The van der Waals surface area contributed by atoms with Crippen LogP contribution in [0.3, 0.4) is 0 Å². The van der Waals surface area contributed by atoms with E-state index in [0.29, 0.717) is 42.5 Å². The van der Waals surface area contributed by atoms with Gasteiger partial charge in [0.05, 0.1) is 12.8 Å². The van der Waals surface area contributed by atoms with E-state index in [9.17, 15) is 4.39 Å². The van der Waals surface area contributed by atoms with Crippen molar-refractivity contribution in [3.8, 4) is 11.4 Å². The van der Waals surface area contributed by atoms with Crippen LogP contribution in [0.15, 0.2) is 83.5 Å². The number of aromatic nitrogens is 2. The Balaban J connectivity index is 1.51. The standard InChI is InChI=1S/C23H21FN4O/c24-20-11-5-4-7-17(20)12-13-25-21-15-22(26-16-19-10-6-14-29-19)28-23(27-21)18-8-2-1-3-9-18/h1-11,14-15H,12-13,16H2,(H2,25,26,27,28). The Morgan fingerprint density at radius 3 is 2.34 bits per heavy atom. The third kappa shape index (κ3) is 4.99. The molecule has 0 amide bonds. The summed E-state index contributed by atoms with van der Waals surface area (Å²) in [6.45, 7) is 1.08. The largest absolute Gasteiger partial charge is 0.467 e. The summed E-state index contributed by atoms with van der Waals surface area (Å²) in [5, 5.41) is 6.55. The lowest BCUT2D eigenvalue weighted by molar-refractivity contribution is 0.518. The second-order valence-corrected chi connectivity index (χ2v) is 6.53. The van der Waals surface area contributed by atoms with Crippen molar-refractivity contribution in [3.63, 3.8) is 0 Å². The van der Waals surface area contributed by atoms with Crippen molar-refractivity contribution >= 4 is 11.6 Å². The SMILES string of the molecule is Fc1ccccc1CCNc1cc(NCc2ccco2)nc(-c2ccccc2)n1. The van der Waals surface area contributed by atoms with Gasteiger partial charge < -0.3 is 15.1 Å². The van der Waals surface area contributed by atoms with Gasteiger partial charge in [-0.05, 0) is 30.2 Å². The number of halogens is 1. The number of hydrogen-bond acceptors (Lipinski definition) is 5. The number of benzene rings is 2. The maximum atomic E-state index is 13.8. The van der Waals surface area contributed by atoms with E-state index in [2.05, 4.69) is 20.6 Å². The molecule has 2 aromatic carbocycles. The van der Waals surface area contributed by atoms with E-state index < -0.39 is 0 Å². The molecule has 0 saturated carbocycles. The van der Waals surface area contributed by atoms with Gasteiger partial charge in [0.2, 0.25) is 0 Å². The van der Waals surface area contributed by atoms with E-state index in [0.717, 1.165) is 11.3 Å². The third-order valence-electron chi connectivity index (χ3n) is 4.44. The first-order valence-corrected chi connectivity index (χ1v) is 9.46. The van der Waals surface area contributed by atoms with Crippen LogP contribution in [0.5, 0.6) is 0 Å². The quantitative estimate of drug-likeness (QED) is 0.437. The van der Waals surface area contributed by atoms with Gasteiger partial charge in [0.1, 0.15) is 23.2 Å². The first-order chi connectivity index (χ1) is 14.3. The van der Waals surface area contributed by atoms with Crippen LogP contribution >= 0.6 is 0 Å². The minimum atomic E-state index is -0.192. The van der Waals surface area contributed by atoms with Crippen molar-refractivity contribution < 1.29 is 8.81 Å². The van der Waals surface area contributed by atoms with Gasteiger partial charge in [0.15, 0.2) is 5.82 Å². The summed E-state index contributed by atoms with van der Waals surface area (Å²) in [6, 6.07) is 22.2. The summed E-state index contributed by atoms with van der Waals surface area (Å²) in [7, 11) is 0. The fourth-order valence-corrected chi connectivity index (χ4v) is 2.96. The molecule has 2 aromatic heterocycles. The van der Waals surface area contributed by atoms with E-state index in [1.807, 2.05) is 54.6 Å². The molecule has 0 aliphatic rings. The highest BCUT2D eigenvalue weighted by Gasteiger charge is 2.08. The van der Waals surface area contributed by atoms with E-state index in [1.165, 1.54) is 6.07 Å². The van der Waals surface area contributed by atoms with E-state index in [-0.39, 0.29) is 5.82 Å². The number of furan rings is 1. The first-order valence-electron chi connectivity index (χ1n) is 9.46. The van der Waals surface area contributed by atoms with Gasteiger partial charge in [-0.25, -0.2) is 14.4 Å². The molecule has 0 aliphatic heterocycles. The van der Waals surface area contributed by atoms with E-state index in [1.54, 1.807) is 18.4 Å². The zero-order valence-corrected chi connectivity index (χ0v) is 15.8. The minimum Gasteiger partial charge on any atom is -0.467 e. The predicted molar refractivity (Wildman–Crippen MR) is 112 cm³/mol. The Labute approximate surface area is 168 Å². The Kier molecular flexibility index (Phi) is 5.81. The molecule has 0 radical (unpaired) electrons. The van der Waals surface area contributed by atoms with Crippen LogP contribution in [0.2, 0.25) is 0 Å². The van der Waals surface area contributed by atoms with Crippen molar-refractivity contribution in [3.05, 3.63) is 96.2 Å². The van der Waals surface area contributed by atoms with Gasteiger partial charge in [0, 0.05) is 18.2 Å². The zero-order valence-electron chi connectivity index (χ0n) is 15.8. The lowest BCUT2D eigenvalue weighted by Gasteiger charge is -2.11. The normalized spacial score (nSPS) is 10.7. The zero-order chi connectivity index (χ0) is 19.9. The van der Waals surface area contributed by atoms with Gasteiger partial charge >= 0.3 is 0 Å². The molecule has 146 valence electrons. The molecule has 4 rings (SSSR count). The fraction of sp³-hybridized carbons (Fsp3) is 0.130. The second-order valence-electron chi connectivity index (χ2n) is 6.53. The monoisotopic (exact) mass is 388 g/mol. The van der Waals surface area contributed by atoms with Crippen LogP contribution in [0, 0.1) is 5.82 Å². The topological polar surface area (TPSA) is 63.0 Å². The molecular weight excluding hydrogens is 367 g/mol. The molecule has 6 heteroatoms. The van der Waals surface area contributed by atoms with Crippen LogP contribution in [0.1, 0.15) is 11.3 Å². The van der Waals surface area contributed by atoms with E-state index >= 15 is 0 Å². The Bertz CT molecular complexity index is 1050. The highest BCUT2D eigenvalue weighted by atomic mass is 19.1. The second kappa shape index (κ2) is 9.01. The maximum Gasteiger partial charge on any atom is 0.163 e. The van der Waals surface area contributed by atoms with Crippen molar-refractivity contribution in [1.29, 1.82) is 0 Å². The number of nitrogens with zero attached hydrogens (tertiary/aromatic N) is 2. The minimum absolute atomic E-state index is 0.192. The van der Waals surface area contributed by atoms with Crippen molar-refractivity contribution in [2.75, 3.05) is 17.2 Å². The summed E-state index contributed by atoms with van der Waals surface area (Å²) >= 11 is 0. The Morgan fingerprint density at radius 1 is 0.828 bits per heavy atom. The van der Waals surface area contributed by atoms with Crippen molar-refractivity contribution in [2.45, 2.75) is 13.0 Å². The molecule has 0 aliphatic carbocycles. The summed E-state index contributed by atoms with van der Waals surface area (Å²) in [5.74, 6) is 2.60. The van der Waals surface area contributed by atoms with Gasteiger partial charge in [-0.3, -0.25) is 0 Å². The van der Waals surface area contributed by atoms with Crippen LogP contribution in [-0.4, -0.2) is 16.5 Å². The average molecular weight is 388 g/mol. The molecule has 5 nitrogen and oxygen atoms in total. The van der Waals surface area contributed by atoms with Gasteiger partial charge in [-0.15, -0.1) is 0 Å². The molecule has 4 aromatic rings. The molecule has 2 N–H and O–H groups in total. The maximum absolute atomic E-state index is 13.8.